The van der Waals surface area contributed by atoms with E-state index in [2.05, 4.69) is 15.9 Å². The summed E-state index contributed by atoms with van der Waals surface area (Å²) in [5.41, 5.74) is -0.566. The van der Waals surface area contributed by atoms with Crippen LogP contribution in [0.3, 0.4) is 0 Å². The number of benzene rings is 2. The molecule has 1 saturated carbocycles. The lowest BCUT2D eigenvalue weighted by Crippen LogP contribution is -2.56. The molecule has 1 saturated heterocycles. The minimum absolute atomic E-state index is 0.148. The first-order valence-corrected chi connectivity index (χ1v) is 14.2. The number of hydrogen-bond acceptors (Lipinski definition) is 6. The zero-order valence-electron chi connectivity index (χ0n) is 19.4. The van der Waals surface area contributed by atoms with E-state index in [4.69, 9.17) is 69.6 Å². The number of hydrazine groups is 1. The van der Waals surface area contributed by atoms with Crippen LogP contribution >= 0.6 is 85.5 Å². The van der Waals surface area contributed by atoms with Crippen molar-refractivity contribution in [3.05, 3.63) is 84.3 Å². The third-order valence-electron chi connectivity index (χ3n) is 7.12. The van der Waals surface area contributed by atoms with Crippen molar-refractivity contribution < 1.29 is 24.1 Å². The molecule has 0 spiro atoms. The van der Waals surface area contributed by atoms with Gasteiger partial charge >= 0.3 is 0 Å². The first-order chi connectivity index (χ1) is 18.6. The van der Waals surface area contributed by atoms with Crippen LogP contribution in [0, 0.1) is 22.0 Å². The number of carbonyl (C=O) groups is 4. The number of carbonyl (C=O) groups excluding carboxylic acids is 4. The number of rotatable bonds is 6. The van der Waals surface area contributed by atoms with E-state index >= 15 is 0 Å². The highest BCUT2D eigenvalue weighted by Gasteiger charge is 2.88. The fourth-order valence-corrected chi connectivity index (χ4v) is 8.41. The highest BCUT2D eigenvalue weighted by molar-refractivity contribution is 9.10. The Bertz CT molecular complexity index is 1520. The number of hydrogen-bond donors (Lipinski definition) is 0. The molecule has 2 aliphatic carbocycles. The maximum Gasteiger partial charge on any atom is 0.273 e. The van der Waals surface area contributed by atoms with E-state index in [-0.39, 0.29) is 21.2 Å². The van der Waals surface area contributed by atoms with E-state index in [0.29, 0.717) is 14.5 Å². The van der Waals surface area contributed by atoms with Crippen molar-refractivity contribution >= 4 is 115 Å². The summed E-state index contributed by atoms with van der Waals surface area (Å²) in [6.45, 7) is -0.813. The Morgan fingerprint density at radius 2 is 1.45 bits per heavy atom. The van der Waals surface area contributed by atoms with Crippen LogP contribution in [0.4, 0.5) is 5.69 Å². The van der Waals surface area contributed by atoms with Crippen LogP contribution in [0.5, 0.6) is 0 Å². The van der Waals surface area contributed by atoms with Crippen LogP contribution in [0.15, 0.2) is 63.1 Å². The number of imide groups is 1. The van der Waals surface area contributed by atoms with Crippen LogP contribution in [-0.4, -0.2) is 59.1 Å². The van der Waals surface area contributed by atoms with Crippen LogP contribution in [0.1, 0.15) is 20.7 Å². The molecule has 2 fully saturated rings. The minimum atomic E-state index is -2.20. The second kappa shape index (κ2) is 9.83. The van der Waals surface area contributed by atoms with E-state index in [9.17, 15) is 29.3 Å². The van der Waals surface area contributed by atoms with Crippen LogP contribution < -0.4 is 0 Å². The van der Waals surface area contributed by atoms with Gasteiger partial charge in [0.2, 0.25) is 0 Å². The number of fused-ring (bicyclic) bond motifs is 5. The number of nitro groups is 1. The Morgan fingerprint density at radius 3 is 1.95 bits per heavy atom. The minimum Gasteiger partial charge on any atom is -0.292 e. The predicted octanol–water partition coefficient (Wildman–Crippen LogP) is 6.04. The smallest absolute Gasteiger partial charge is 0.273 e. The van der Waals surface area contributed by atoms with E-state index in [0.717, 1.165) is 12.1 Å². The third kappa shape index (κ3) is 3.80. The van der Waals surface area contributed by atoms with Gasteiger partial charge in [-0.05, 0) is 18.2 Å². The molecule has 9 nitrogen and oxygen atoms in total. The van der Waals surface area contributed by atoms with Gasteiger partial charge in [-0.1, -0.05) is 80.5 Å². The zero-order valence-corrected chi connectivity index (χ0v) is 25.5. The van der Waals surface area contributed by atoms with Gasteiger partial charge in [0.15, 0.2) is 10.1 Å². The second-order valence-electron chi connectivity index (χ2n) is 9.17. The van der Waals surface area contributed by atoms with Crippen molar-refractivity contribution in [2.24, 2.45) is 11.8 Å². The molecule has 3 amide bonds. The maximum absolute atomic E-state index is 13.9. The van der Waals surface area contributed by atoms with Gasteiger partial charge in [0, 0.05) is 27.7 Å². The molecule has 0 unspecified atom stereocenters. The highest BCUT2D eigenvalue weighted by Crippen LogP contribution is 2.77. The quantitative estimate of drug-likeness (QED) is 0.118. The normalized spacial score (nSPS) is 28.2. The summed E-state index contributed by atoms with van der Waals surface area (Å²) in [6.07, 6.45) is 0. The third-order valence-corrected chi connectivity index (χ3v) is 11.9. The fraction of sp³-hybridized carbons (Fsp3) is 0.250. The maximum atomic E-state index is 13.9. The molecule has 2 aromatic rings. The first-order valence-electron chi connectivity index (χ1n) is 11.1. The molecule has 1 heterocycles. The molecule has 3 aliphatic rings. The lowest BCUT2D eigenvalue weighted by molar-refractivity contribution is -0.384. The summed E-state index contributed by atoms with van der Waals surface area (Å²) in [5, 5.41) is 11.7. The molecule has 208 valence electrons. The van der Waals surface area contributed by atoms with Gasteiger partial charge in [-0.2, -0.15) is 5.01 Å². The number of Topliss-reactive ketones (excluding diaryl/α,β-unsaturated/α-hetero) is 1. The van der Waals surface area contributed by atoms with Gasteiger partial charge in [-0.25, -0.2) is 5.01 Å². The zero-order chi connectivity index (χ0) is 29.5. The molecule has 2 bridgehead atoms. The summed E-state index contributed by atoms with van der Waals surface area (Å²) >= 11 is 42.5. The largest absolute Gasteiger partial charge is 0.292 e. The number of non-ortho nitro benzene ring substituents is 1. The summed E-state index contributed by atoms with van der Waals surface area (Å²) in [5.74, 6) is -6.99. The van der Waals surface area contributed by atoms with E-state index in [1.165, 1.54) is 24.3 Å². The standard InChI is InChI=1S/C24H12BrCl6N3O6/c25-12-6-4-10(5-7-12)14(35)9-32(19(36)11-2-1-3-13(8-11)34(39)40)33-20(37)15-16(21(33)38)23(29)18(27)17(26)22(15,28)24(23,30)31/h1-8,15-16H,9H2/t15-,16-,22+,23+/m0/s1. The molecule has 0 aromatic heterocycles. The number of nitrogens with zero attached hydrogens (tertiary/aromatic N) is 3. The van der Waals surface area contributed by atoms with E-state index < -0.39 is 66.6 Å². The van der Waals surface area contributed by atoms with E-state index in [1.807, 2.05) is 0 Å². The lowest BCUT2D eigenvalue weighted by Gasteiger charge is -2.36. The van der Waals surface area contributed by atoms with Crippen molar-refractivity contribution in [2.45, 2.75) is 14.1 Å². The molecule has 40 heavy (non-hydrogen) atoms. The molecule has 4 atom stereocenters. The molecule has 1 aliphatic heterocycles. The van der Waals surface area contributed by atoms with Gasteiger partial charge < -0.3 is 0 Å². The summed E-state index contributed by atoms with van der Waals surface area (Å²) in [6, 6.07) is 10.6. The number of ketones is 1. The van der Waals surface area contributed by atoms with Gasteiger partial charge in [0.25, 0.3) is 23.4 Å². The van der Waals surface area contributed by atoms with Crippen molar-refractivity contribution in [3.63, 3.8) is 0 Å². The molecule has 5 rings (SSSR count). The van der Waals surface area contributed by atoms with Gasteiger partial charge in [-0.3, -0.25) is 29.3 Å². The van der Waals surface area contributed by atoms with E-state index in [1.54, 1.807) is 12.1 Å². The van der Waals surface area contributed by atoms with Crippen LogP contribution in [-0.2, 0) is 9.59 Å². The van der Waals surface area contributed by atoms with Crippen molar-refractivity contribution in [1.29, 1.82) is 0 Å². The van der Waals surface area contributed by atoms with Crippen LogP contribution in [0.25, 0.3) is 0 Å². The predicted molar refractivity (Wildman–Crippen MR) is 152 cm³/mol. The average molecular weight is 731 g/mol. The topological polar surface area (TPSA) is 118 Å². The van der Waals surface area contributed by atoms with Crippen molar-refractivity contribution in [2.75, 3.05) is 6.54 Å². The Kier molecular flexibility index (Phi) is 7.27. The van der Waals surface area contributed by atoms with Gasteiger partial charge in [0.05, 0.1) is 26.8 Å². The van der Waals surface area contributed by atoms with Gasteiger partial charge in [0.1, 0.15) is 16.3 Å². The van der Waals surface area contributed by atoms with Crippen molar-refractivity contribution in [1.82, 2.24) is 10.0 Å². The number of alkyl halides is 4. The Labute approximate surface area is 264 Å². The molecule has 0 N–H and O–H groups in total. The average Bonchev–Trinajstić information content (AvgIpc) is 3.30. The van der Waals surface area contributed by atoms with Crippen molar-refractivity contribution in [3.8, 4) is 0 Å². The Morgan fingerprint density at radius 1 is 0.925 bits per heavy atom. The number of halogens is 7. The Balaban J connectivity index is 1.61. The second-order valence-corrected chi connectivity index (χ2v) is 13.4. The molecule has 0 radical (unpaired) electrons. The molecular weight excluding hydrogens is 719 g/mol. The first kappa shape index (κ1) is 29.6. The number of nitro benzene ring substituents is 1. The SMILES string of the molecule is O=C(CN(C(=O)c1cccc([N+](=O)[O-])c1)N1C(=O)[C@@H]2[C@@H](C1=O)[C@@]1(Cl)C(Cl)=C(Cl)[C@@]2(Cl)C1(Cl)Cl)c1ccc(Br)cc1. The molecule has 2 aromatic carbocycles. The monoisotopic (exact) mass is 727 g/mol. The highest BCUT2D eigenvalue weighted by atomic mass is 79.9. The summed E-state index contributed by atoms with van der Waals surface area (Å²) in [7, 11) is 0. The lowest BCUT2D eigenvalue weighted by atomic mass is 9.84. The fourth-order valence-electron chi connectivity index (χ4n) is 5.22. The molecular formula is C24H12BrCl6N3O6. The number of amides is 3. The van der Waals surface area contributed by atoms with Crippen LogP contribution in [0.2, 0.25) is 0 Å². The summed E-state index contributed by atoms with van der Waals surface area (Å²) in [4.78, 5) is 61.1. The summed E-state index contributed by atoms with van der Waals surface area (Å²) < 4.78 is -1.53. The van der Waals surface area contributed by atoms with Gasteiger partial charge in [-0.15, -0.1) is 23.2 Å². The molecule has 16 heteroatoms. The number of allylic oxidation sites excluding steroid dienone is 2. The Hall–Kier alpha value is -1.92.